The lowest BCUT2D eigenvalue weighted by Crippen LogP contribution is -2.16. The predicted octanol–water partition coefficient (Wildman–Crippen LogP) is 4.31. The Bertz CT molecular complexity index is 620. The fourth-order valence-corrected chi connectivity index (χ4v) is 2.04. The average Bonchev–Trinajstić information content (AvgIpc) is 2.44. The topological polar surface area (TPSA) is 50.7 Å². The third-order valence-electron chi connectivity index (χ3n) is 3.02. The van der Waals surface area contributed by atoms with Crippen molar-refractivity contribution in [2.45, 2.75) is 39.5 Å². The van der Waals surface area contributed by atoms with Gasteiger partial charge in [-0.15, -0.1) is 0 Å². The van der Waals surface area contributed by atoms with E-state index in [1.807, 2.05) is 6.07 Å². The van der Waals surface area contributed by atoms with Crippen molar-refractivity contribution in [2.75, 3.05) is 11.9 Å². The van der Waals surface area contributed by atoms with E-state index in [0.717, 1.165) is 24.5 Å². The SMILES string of the molecule is CCCNc1cc(C(C)(C)C)nc(-c2ncccc2Cl)n1. The van der Waals surface area contributed by atoms with E-state index in [-0.39, 0.29) is 5.41 Å². The fourth-order valence-electron chi connectivity index (χ4n) is 1.83. The smallest absolute Gasteiger partial charge is 0.181 e. The van der Waals surface area contributed by atoms with Crippen molar-refractivity contribution in [1.82, 2.24) is 15.0 Å². The second-order valence-electron chi connectivity index (χ2n) is 5.97. The third-order valence-corrected chi connectivity index (χ3v) is 3.33. The molecule has 0 aliphatic heterocycles. The molecule has 0 aliphatic carbocycles. The van der Waals surface area contributed by atoms with Crippen LogP contribution in [0.2, 0.25) is 5.02 Å². The van der Waals surface area contributed by atoms with Crippen molar-refractivity contribution in [3.05, 3.63) is 35.1 Å². The molecule has 0 saturated heterocycles. The molecule has 0 fully saturated rings. The highest BCUT2D eigenvalue weighted by atomic mass is 35.5. The van der Waals surface area contributed by atoms with Crippen molar-refractivity contribution in [3.63, 3.8) is 0 Å². The summed E-state index contributed by atoms with van der Waals surface area (Å²) in [5.74, 6) is 1.38. The first-order chi connectivity index (χ1) is 9.91. The van der Waals surface area contributed by atoms with E-state index in [2.05, 4.69) is 48.0 Å². The zero-order valence-corrected chi connectivity index (χ0v) is 13.7. The molecule has 112 valence electrons. The van der Waals surface area contributed by atoms with E-state index in [1.165, 1.54) is 0 Å². The first kappa shape index (κ1) is 15.7. The van der Waals surface area contributed by atoms with Crippen molar-refractivity contribution in [1.29, 1.82) is 0 Å². The first-order valence-corrected chi connectivity index (χ1v) is 7.54. The lowest BCUT2D eigenvalue weighted by atomic mass is 9.92. The Labute approximate surface area is 131 Å². The summed E-state index contributed by atoms with van der Waals surface area (Å²) in [4.78, 5) is 13.5. The summed E-state index contributed by atoms with van der Waals surface area (Å²) in [7, 11) is 0. The Morgan fingerprint density at radius 3 is 2.62 bits per heavy atom. The Morgan fingerprint density at radius 2 is 2.00 bits per heavy atom. The summed E-state index contributed by atoms with van der Waals surface area (Å²) in [6.07, 6.45) is 2.74. The molecule has 5 heteroatoms. The maximum Gasteiger partial charge on any atom is 0.181 e. The minimum atomic E-state index is -0.0679. The monoisotopic (exact) mass is 304 g/mol. The van der Waals surface area contributed by atoms with Gasteiger partial charge in [0.15, 0.2) is 5.82 Å². The van der Waals surface area contributed by atoms with Crippen molar-refractivity contribution >= 4 is 17.4 Å². The van der Waals surface area contributed by atoms with E-state index in [9.17, 15) is 0 Å². The largest absolute Gasteiger partial charge is 0.370 e. The number of nitrogens with zero attached hydrogens (tertiary/aromatic N) is 3. The highest BCUT2D eigenvalue weighted by Gasteiger charge is 2.19. The van der Waals surface area contributed by atoms with Crippen molar-refractivity contribution < 1.29 is 0 Å². The maximum absolute atomic E-state index is 6.22. The molecular weight excluding hydrogens is 284 g/mol. The fraction of sp³-hybridized carbons (Fsp3) is 0.438. The molecule has 0 radical (unpaired) electrons. The normalized spacial score (nSPS) is 11.5. The van der Waals surface area contributed by atoms with Gasteiger partial charge in [0, 0.05) is 24.2 Å². The van der Waals surface area contributed by atoms with Gasteiger partial charge in [0.05, 0.1) is 10.7 Å². The second-order valence-corrected chi connectivity index (χ2v) is 6.38. The van der Waals surface area contributed by atoms with Gasteiger partial charge < -0.3 is 5.32 Å². The number of hydrogen-bond donors (Lipinski definition) is 1. The molecule has 0 bridgehead atoms. The van der Waals surface area contributed by atoms with Gasteiger partial charge in [-0.2, -0.15) is 0 Å². The highest BCUT2D eigenvalue weighted by Crippen LogP contribution is 2.28. The molecule has 0 aliphatic rings. The van der Waals surface area contributed by atoms with Crippen LogP contribution in [-0.2, 0) is 5.41 Å². The Morgan fingerprint density at radius 1 is 1.24 bits per heavy atom. The van der Waals surface area contributed by atoms with Crippen molar-refractivity contribution in [2.24, 2.45) is 0 Å². The minimum Gasteiger partial charge on any atom is -0.370 e. The molecule has 1 N–H and O–H groups in total. The van der Waals surface area contributed by atoms with Crippen LogP contribution in [0.5, 0.6) is 0 Å². The number of hydrogen-bond acceptors (Lipinski definition) is 4. The van der Waals surface area contributed by atoms with Crippen LogP contribution in [0.15, 0.2) is 24.4 Å². The van der Waals surface area contributed by atoms with Gasteiger partial charge in [-0.05, 0) is 18.6 Å². The van der Waals surface area contributed by atoms with Crippen LogP contribution < -0.4 is 5.32 Å². The first-order valence-electron chi connectivity index (χ1n) is 7.16. The van der Waals surface area contributed by atoms with Gasteiger partial charge >= 0.3 is 0 Å². The molecule has 0 unspecified atom stereocenters. The van der Waals surface area contributed by atoms with E-state index < -0.39 is 0 Å². The van der Waals surface area contributed by atoms with Gasteiger partial charge in [-0.1, -0.05) is 39.3 Å². The maximum atomic E-state index is 6.22. The summed E-state index contributed by atoms with van der Waals surface area (Å²) in [5, 5.41) is 3.87. The van der Waals surface area contributed by atoms with Crippen LogP contribution in [0.25, 0.3) is 11.5 Å². The van der Waals surface area contributed by atoms with Gasteiger partial charge in [0.25, 0.3) is 0 Å². The zero-order chi connectivity index (χ0) is 15.5. The molecule has 2 rings (SSSR count). The second kappa shape index (κ2) is 6.39. The molecule has 2 aromatic rings. The van der Waals surface area contributed by atoms with Crippen molar-refractivity contribution in [3.8, 4) is 11.5 Å². The van der Waals surface area contributed by atoms with Crippen LogP contribution >= 0.6 is 11.6 Å². The number of anilines is 1. The number of halogens is 1. The van der Waals surface area contributed by atoms with Gasteiger partial charge in [0.2, 0.25) is 0 Å². The molecule has 21 heavy (non-hydrogen) atoms. The predicted molar refractivity (Wildman–Crippen MR) is 87.8 cm³/mol. The van der Waals surface area contributed by atoms with E-state index in [0.29, 0.717) is 16.5 Å². The summed E-state index contributed by atoms with van der Waals surface area (Å²) in [6.45, 7) is 9.37. The van der Waals surface area contributed by atoms with E-state index in [1.54, 1.807) is 18.3 Å². The number of rotatable bonds is 4. The Hall–Kier alpha value is -1.68. The summed E-state index contributed by atoms with van der Waals surface area (Å²) in [5.41, 5.74) is 1.51. The number of aromatic nitrogens is 3. The minimum absolute atomic E-state index is 0.0679. The molecule has 4 nitrogen and oxygen atoms in total. The number of pyridine rings is 1. The zero-order valence-electron chi connectivity index (χ0n) is 12.9. The van der Waals surface area contributed by atoms with E-state index >= 15 is 0 Å². The summed E-state index contributed by atoms with van der Waals surface area (Å²) >= 11 is 6.22. The highest BCUT2D eigenvalue weighted by molar-refractivity contribution is 6.32. The van der Waals surface area contributed by atoms with Crippen LogP contribution in [0.4, 0.5) is 5.82 Å². The van der Waals surface area contributed by atoms with Crippen LogP contribution in [-0.4, -0.2) is 21.5 Å². The molecule has 0 saturated carbocycles. The van der Waals surface area contributed by atoms with Crippen LogP contribution in [0.3, 0.4) is 0 Å². The van der Waals surface area contributed by atoms with Crippen LogP contribution in [0.1, 0.15) is 39.8 Å². The Kier molecular flexibility index (Phi) is 4.78. The molecule has 0 atom stereocenters. The van der Waals surface area contributed by atoms with Gasteiger partial charge in [0.1, 0.15) is 11.5 Å². The lowest BCUT2D eigenvalue weighted by Gasteiger charge is -2.19. The third kappa shape index (κ3) is 3.91. The number of nitrogens with one attached hydrogen (secondary N) is 1. The average molecular weight is 305 g/mol. The molecule has 2 aromatic heterocycles. The molecule has 0 spiro atoms. The van der Waals surface area contributed by atoms with Gasteiger partial charge in [-0.3, -0.25) is 4.98 Å². The molecule has 0 amide bonds. The summed E-state index contributed by atoms with van der Waals surface area (Å²) in [6, 6.07) is 5.60. The van der Waals surface area contributed by atoms with Crippen LogP contribution in [0, 0.1) is 0 Å². The summed E-state index contributed by atoms with van der Waals surface area (Å²) < 4.78 is 0. The molecule has 2 heterocycles. The van der Waals surface area contributed by atoms with Gasteiger partial charge in [-0.25, -0.2) is 9.97 Å². The molecule has 0 aromatic carbocycles. The molecular formula is C16H21ClN4. The van der Waals surface area contributed by atoms with E-state index in [4.69, 9.17) is 11.6 Å². The lowest BCUT2D eigenvalue weighted by molar-refractivity contribution is 0.568. The quantitative estimate of drug-likeness (QED) is 0.914. The Balaban J connectivity index is 2.52. The standard InChI is InChI=1S/C16H21ClN4/c1-5-8-18-13-10-12(16(2,3)4)20-15(21-13)14-11(17)7-6-9-19-14/h6-7,9-10H,5,8H2,1-4H3,(H,18,20,21).